The lowest BCUT2D eigenvalue weighted by Gasteiger charge is -2.24. The van der Waals surface area contributed by atoms with Crippen molar-refractivity contribution in [2.75, 3.05) is 7.11 Å². The molecule has 1 atom stereocenters. The summed E-state index contributed by atoms with van der Waals surface area (Å²) in [7, 11) is 1.69. The summed E-state index contributed by atoms with van der Waals surface area (Å²) in [6.45, 7) is 3.86. The number of benzene rings is 1. The van der Waals surface area contributed by atoms with Gasteiger partial charge in [0.05, 0.1) is 12.6 Å². The third kappa shape index (κ3) is 2.50. The molecule has 1 aliphatic rings. The van der Waals surface area contributed by atoms with Gasteiger partial charge in [-0.05, 0) is 30.9 Å². The number of aromatic nitrogens is 1. The number of hydrogen-bond donors (Lipinski definition) is 2. The van der Waals surface area contributed by atoms with Gasteiger partial charge in [0.2, 0.25) is 5.91 Å². The van der Waals surface area contributed by atoms with Gasteiger partial charge in [-0.3, -0.25) is 4.79 Å². The lowest BCUT2D eigenvalue weighted by atomic mass is 9.91. The summed E-state index contributed by atoms with van der Waals surface area (Å²) < 4.78 is 5.43. The van der Waals surface area contributed by atoms with E-state index < -0.39 is 0 Å². The van der Waals surface area contributed by atoms with E-state index in [1.807, 2.05) is 26.0 Å². The van der Waals surface area contributed by atoms with Crippen LogP contribution in [0.1, 0.15) is 31.5 Å². The van der Waals surface area contributed by atoms with E-state index >= 15 is 0 Å². The topological polar surface area (TPSA) is 54.1 Å². The molecular formula is C17H22N2O2. The fraction of sp³-hybridized carbons (Fsp3) is 0.471. The van der Waals surface area contributed by atoms with Gasteiger partial charge in [0, 0.05) is 23.0 Å². The zero-order chi connectivity index (χ0) is 15.0. The minimum Gasteiger partial charge on any atom is -0.495 e. The zero-order valence-electron chi connectivity index (χ0n) is 12.8. The van der Waals surface area contributed by atoms with E-state index in [9.17, 15) is 4.79 Å². The van der Waals surface area contributed by atoms with Crippen molar-refractivity contribution >= 4 is 16.8 Å². The van der Waals surface area contributed by atoms with Gasteiger partial charge in [0.15, 0.2) is 0 Å². The maximum Gasteiger partial charge on any atom is 0.222 e. The van der Waals surface area contributed by atoms with E-state index in [4.69, 9.17) is 4.74 Å². The van der Waals surface area contributed by atoms with Crippen molar-refractivity contribution in [2.45, 2.75) is 39.2 Å². The number of H-pyrrole nitrogens is 1. The number of aromatic amines is 1. The molecule has 3 rings (SSSR count). The Morgan fingerprint density at radius 2 is 2.24 bits per heavy atom. The summed E-state index contributed by atoms with van der Waals surface area (Å²) in [5, 5.41) is 4.37. The van der Waals surface area contributed by atoms with Crippen LogP contribution in [0.5, 0.6) is 5.75 Å². The predicted molar refractivity (Wildman–Crippen MR) is 83.6 cm³/mol. The number of carbonyl (C=O) groups excluding carboxylic acids is 1. The molecule has 0 radical (unpaired) electrons. The van der Waals surface area contributed by atoms with E-state index in [1.165, 1.54) is 16.6 Å². The van der Waals surface area contributed by atoms with Crippen molar-refractivity contribution in [1.29, 1.82) is 0 Å². The Kier molecular flexibility index (Phi) is 3.62. The number of aryl methyl sites for hydroxylation is 1. The van der Waals surface area contributed by atoms with E-state index in [-0.39, 0.29) is 17.9 Å². The van der Waals surface area contributed by atoms with Crippen molar-refractivity contribution in [3.63, 3.8) is 0 Å². The molecule has 1 aromatic heterocycles. The highest BCUT2D eigenvalue weighted by Crippen LogP contribution is 2.33. The normalized spacial score (nSPS) is 17.8. The second-order valence-electron chi connectivity index (χ2n) is 6.07. The minimum absolute atomic E-state index is 0.0365. The highest BCUT2D eigenvalue weighted by Gasteiger charge is 2.25. The summed E-state index contributed by atoms with van der Waals surface area (Å²) in [6, 6.07) is 6.35. The fourth-order valence-electron chi connectivity index (χ4n) is 3.08. The number of fused-ring (bicyclic) bond motifs is 3. The maximum absolute atomic E-state index is 11.9. The number of carbonyl (C=O) groups is 1. The molecule has 112 valence electrons. The van der Waals surface area contributed by atoms with Crippen LogP contribution in [0.2, 0.25) is 0 Å². The Balaban J connectivity index is 1.90. The van der Waals surface area contributed by atoms with Crippen LogP contribution in [-0.2, 0) is 17.6 Å². The van der Waals surface area contributed by atoms with E-state index in [0.29, 0.717) is 0 Å². The summed E-state index contributed by atoms with van der Waals surface area (Å²) in [5.41, 5.74) is 3.68. The summed E-state index contributed by atoms with van der Waals surface area (Å²) in [5.74, 6) is 1.06. The van der Waals surface area contributed by atoms with Gasteiger partial charge < -0.3 is 15.0 Å². The van der Waals surface area contributed by atoms with Gasteiger partial charge in [-0.2, -0.15) is 0 Å². The Labute approximate surface area is 124 Å². The molecule has 0 saturated carbocycles. The third-order valence-corrected chi connectivity index (χ3v) is 4.28. The molecule has 1 aromatic carbocycles. The lowest BCUT2D eigenvalue weighted by Crippen LogP contribution is -2.40. The Morgan fingerprint density at radius 1 is 1.43 bits per heavy atom. The van der Waals surface area contributed by atoms with Gasteiger partial charge in [-0.15, -0.1) is 0 Å². The Bertz CT molecular complexity index is 673. The molecule has 0 fully saturated rings. The highest BCUT2D eigenvalue weighted by molar-refractivity contribution is 5.90. The van der Waals surface area contributed by atoms with Crippen LogP contribution in [0.4, 0.5) is 0 Å². The standard InChI is InChI=1S/C17H22N2O2/c1-10(2)17(20)18-11-7-8-14-13(9-11)12-5-4-6-15(21-3)16(12)19-14/h4-6,10-11,19H,7-9H2,1-3H3,(H,18,20)/t11-/m1/s1. The van der Waals surface area contributed by atoms with Gasteiger partial charge in [0.1, 0.15) is 5.75 Å². The van der Waals surface area contributed by atoms with Crippen molar-refractivity contribution in [1.82, 2.24) is 10.3 Å². The first-order chi connectivity index (χ1) is 10.1. The van der Waals surface area contributed by atoms with Crippen LogP contribution < -0.4 is 10.1 Å². The van der Waals surface area contributed by atoms with E-state index in [1.54, 1.807) is 7.11 Å². The number of ether oxygens (including phenoxy) is 1. The van der Waals surface area contributed by atoms with Gasteiger partial charge in [0.25, 0.3) is 0 Å². The number of amides is 1. The molecule has 0 bridgehead atoms. The van der Waals surface area contributed by atoms with Crippen LogP contribution >= 0.6 is 0 Å². The number of hydrogen-bond acceptors (Lipinski definition) is 2. The summed E-state index contributed by atoms with van der Waals surface area (Å²) in [4.78, 5) is 15.4. The SMILES string of the molecule is COc1cccc2c3c([nH]c12)CC[C@@H](NC(=O)C(C)C)C3. The molecule has 0 unspecified atom stereocenters. The molecule has 2 aromatic rings. The zero-order valence-corrected chi connectivity index (χ0v) is 12.8. The number of para-hydroxylation sites is 1. The van der Waals surface area contributed by atoms with Crippen LogP contribution in [-0.4, -0.2) is 24.0 Å². The first-order valence-corrected chi connectivity index (χ1v) is 7.57. The summed E-state index contributed by atoms with van der Waals surface area (Å²) in [6.07, 6.45) is 2.85. The lowest BCUT2D eigenvalue weighted by molar-refractivity contribution is -0.124. The van der Waals surface area contributed by atoms with Crippen molar-refractivity contribution in [3.8, 4) is 5.75 Å². The second-order valence-corrected chi connectivity index (χ2v) is 6.07. The van der Waals surface area contributed by atoms with Crippen molar-refractivity contribution in [3.05, 3.63) is 29.5 Å². The monoisotopic (exact) mass is 286 g/mol. The number of nitrogens with one attached hydrogen (secondary N) is 2. The molecule has 0 aliphatic heterocycles. The average molecular weight is 286 g/mol. The Hall–Kier alpha value is -1.97. The molecule has 4 nitrogen and oxygen atoms in total. The largest absolute Gasteiger partial charge is 0.495 e. The molecular weight excluding hydrogens is 264 g/mol. The van der Waals surface area contributed by atoms with Gasteiger partial charge in [-0.1, -0.05) is 26.0 Å². The smallest absolute Gasteiger partial charge is 0.222 e. The molecule has 1 aliphatic carbocycles. The molecule has 4 heteroatoms. The van der Waals surface area contributed by atoms with E-state index in [2.05, 4.69) is 16.4 Å². The van der Waals surface area contributed by atoms with Crippen LogP contribution in [0.15, 0.2) is 18.2 Å². The highest BCUT2D eigenvalue weighted by atomic mass is 16.5. The fourth-order valence-corrected chi connectivity index (χ4v) is 3.08. The molecule has 2 N–H and O–H groups in total. The molecule has 1 heterocycles. The third-order valence-electron chi connectivity index (χ3n) is 4.28. The van der Waals surface area contributed by atoms with Crippen LogP contribution in [0.25, 0.3) is 10.9 Å². The summed E-state index contributed by atoms with van der Waals surface area (Å²) >= 11 is 0. The molecule has 0 spiro atoms. The predicted octanol–water partition coefficient (Wildman–Crippen LogP) is 2.81. The van der Waals surface area contributed by atoms with Gasteiger partial charge in [-0.25, -0.2) is 0 Å². The first-order valence-electron chi connectivity index (χ1n) is 7.57. The average Bonchev–Trinajstić information content (AvgIpc) is 2.85. The Morgan fingerprint density at radius 3 is 2.95 bits per heavy atom. The maximum atomic E-state index is 11.9. The van der Waals surface area contributed by atoms with Gasteiger partial charge >= 0.3 is 0 Å². The molecule has 21 heavy (non-hydrogen) atoms. The molecule has 1 amide bonds. The minimum atomic E-state index is 0.0365. The number of rotatable bonds is 3. The number of methoxy groups -OCH3 is 1. The van der Waals surface area contributed by atoms with Crippen LogP contribution in [0.3, 0.4) is 0 Å². The van der Waals surface area contributed by atoms with Crippen molar-refractivity contribution in [2.24, 2.45) is 5.92 Å². The van der Waals surface area contributed by atoms with E-state index in [0.717, 1.165) is 30.5 Å². The molecule has 0 saturated heterocycles. The van der Waals surface area contributed by atoms with Crippen LogP contribution in [0, 0.1) is 5.92 Å². The quantitative estimate of drug-likeness (QED) is 0.911. The van der Waals surface area contributed by atoms with Crippen molar-refractivity contribution < 1.29 is 9.53 Å². The first kappa shape index (κ1) is 14.0. The second kappa shape index (κ2) is 5.43.